The molecule has 0 aromatic heterocycles. The Morgan fingerprint density at radius 1 is 1.40 bits per heavy atom. The molecule has 0 amide bonds. The van der Waals surface area contributed by atoms with Gasteiger partial charge in [-0.3, -0.25) is 0 Å². The molecule has 5 nitrogen and oxygen atoms in total. The first-order valence-corrected chi connectivity index (χ1v) is 4.48. The van der Waals surface area contributed by atoms with Gasteiger partial charge >= 0.3 is 8.17 Å². The van der Waals surface area contributed by atoms with Crippen LogP contribution in [0.4, 0.5) is 0 Å². The molecule has 6 heteroatoms. The minimum absolute atomic E-state index is 0.323. The van der Waals surface area contributed by atoms with Gasteiger partial charge in [0.05, 0.1) is 6.61 Å². The van der Waals surface area contributed by atoms with Crippen molar-refractivity contribution in [2.75, 3.05) is 13.2 Å². The van der Waals surface area contributed by atoms with E-state index in [-0.39, 0.29) is 6.10 Å². The van der Waals surface area contributed by atoms with E-state index in [2.05, 4.69) is 4.52 Å². The Labute approximate surface area is 58.9 Å². The van der Waals surface area contributed by atoms with Crippen LogP contribution in [-0.4, -0.2) is 34.0 Å². The molecule has 1 fully saturated rings. The van der Waals surface area contributed by atoms with E-state index in [1.807, 2.05) is 0 Å². The van der Waals surface area contributed by atoms with Crippen LogP contribution in [0.1, 0.15) is 6.42 Å². The molecule has 1 heterocycles. The van der Waals surface area contributed by atoms with Gasteiger partial charge in [-0.2, -0.15) is 14.7 Å². The number of ether oxygens (including phenoxy) is 1. The molecule has 0 aliphatic carbocycles. The Hall–Kier alpha value is 0.230. The lowest BCUT2D eigenvalue weighted by Gasteiger charge is -2.06. The molecule has 1 rings (SSSR count). The number of hydrogen-bond donors (Lipinski definition) is 3. The second-order valence-electron chi connectivity index (χ2n) is 2.10. The third kappa shape index (κ3) is 2.88. The highest BCUT2D eigenvalue weighted by Gasteiger charge is 2.38. The van der Waals surface area contributed by atoms with E-state index in [1.165, 1.54) is 0 Å². The van der Waals surface area contributed by atoms with Crippen LogP contribution in [-0.2, 0) is 9.26 Å². The smallest absolute Gasteiger partial charge is 0.378 e. The van der Waals surface area contributed by atoms with Crippen molar-refractivity contribution in [3.8, 4) is 0 Å². The van der Waals surface area contributed by atoms with Crippen molar-refractivity contribution in [3.63, 3.8) is 0 Å². The van der Waals surface area contributed by atoms with Crippen molar-refractivity contribution in [1.82, 2.24) is 0 Å². The predicted octanol–water partition coefficient (Wildman–Crippen LogP) is -0.554. The molecule has 0 spiro atoms. The van der Waals surface area contributed by atoms with Gasteiger partial charge in [0.2, 0.25) is 0 Å². The standard InChI is InChI=1S/C4H10O5P/c5-10(6,7)9-4-1-2-8-3-4/h4-7H,1-3H2/q+1. The van der Waals surface area contributed by atoms with Crippen LogP contribution < -0.4 is 0 Å². The van der Waals surface area contributed by atoms with E-state index in [1.54, 1.807) is 0 Å². The zero-order valence-corrected chi connectivity index (χ0v) is 6.20. The summed E-state index contributed by atoms with van der Waals surface area (Å²) in [5.74, 6) is 0. The first-order chi connectivity index (χ1) is 4.58. The van der Waals surface area contributed by atoms with Crippen molar-refractivity contribution in [2.45, 2.75) is 12.5 Å². The third-order valence-corrected chi connectivity index (χ3v) is 1.76. The van der Waals surface area contributed by atoms with Gasteiger partial charge in [0.25, 0.3) is 0 Å². The Balaban J connectivity index is 2.24. The highest BCUT2D eigenvalue weighted by molar-refractivity contribution is 7.53. The monoisotopic (exact) mass is 169 g/mol. The van der Waals surface area contributed by atoms with Crippen LogP contribution in [0.3, 0.4) is 0 Å². The summed E-state index contributed by atoms with van der Waals surface area (Å²) < 4.78 is 9.31. The van der Waals surface area contributed by atoms with E-state index in [9.17, 15) is 0 Å². The summed E-state index contributed by atoms with van der Waals surface area (Å²) in [6.07, 6.45) is 0.233. The molecule has 0 radical (unpaired) electrons. The van der Waals surface area contributed by atoms with Crippen LogP contribution in [0.2, 0.25) is 0 Å². The molecule has 0 bridgehead atoms. The highest BCUT2D eigenvalue weighted by atomic mass is 31.2. The van der Waals surface area contributed by atoms with Gasteiger partial charge in [0.15, 0.2) is 0 Å². The molecule has 1 saturated heterocycles. The summed E-state index contributed by atoms with van der Waals surface area (Å²) in [6, 6.07) is 0. The van der Waals surface area contributed by atoms with Crippen LogP contribution >= 0.6 is 8.17 Å². The molecule has 1 aliphatic rings. The van der Waals surface area contributed by atoms with E-state index < -0.39 is 8.17 Å². The molecule has 0 saturated carbocycles. The topological polar surface area (TPSA) is 79.2 Å². The van der Waals surface area contributed by atoms with Crippen molar-refractivity contribution in [2.24, 2.45) is 0 Å². The minimum atomic E-state index is -4.04. The first-order valence-electron chi connectivity index (χ1n) is 2.91. The molecule has 0 aromatic carbocycles. The lowest BCUT2D eigenvalue weighted by atomic mass is 10.3. The average molecular weight is 169 g/mol. The maximum Gasteiger partial charge on any atom is 0.567 e. The average Bonchev–Trinajstić information content (AvgIpc) is 2.12. The summed E-state index contributed by atoms with van der Waals surface area (Å²) in [6.45, 7) is 0.869. The normalized spacial score (nSPS) is 27.3. The fraction of sp³-hybridized carbons (Fsp3) is 1.00. The Morgan fingerprint density at radius 3 is 2.50 bits per heavy atom. The maximum atomic E-state index is 8.42. The van der Waals surface area contributed by atoms with Gasteiger partial charge in [-0.1, -0.05) is 0 Å². The molecule has 1 atom stereocenters. The molecule has 1 aliphatic heterocycles. The Kier molecular flexibility index (Phi) is 2.57. The highest BCUT2D eigenvalue weighted by Crippen LogP contribution is 2.47. The van der Waals surface area contributed by atoms with Gasteiger partial charge in [0.1, 0.15) is 6.10 Å². The number of rotatable bonds is 2. The molecule has 0 aromatic rings. The summed E-state index contributed by atoms with van der Waals surface area (Å²) >= 11 is 0. The molecule has 3 N–H and O–H groups in total. The van der Waals surface area contributed by atoms with Crippen LogP contribution in [0.15, 0.2) is 0 Å². The largest absolute Gasteiger partial charge is 0.567 e. The second-order valence-corrected chi connectivity index (χ2v) is 3.34. The first kappa shape index (κ1) is 8.33. The van der Waals surface area contributed by atoms with Crippen molar-refractivity contribution < 1.29 is 23.9 Å². The van der Waals surface area contributed by atoms with E-state index in [0.717, 1.165) is 0 Å². The molecular formula is C4H10O5P+. The lowest BCUT2D eigenvalue weighted by molar-refractivity contribution is 0.0887. The quantitative estimate of drug-likeness (QED) is 0.483. The van der Waals surface area contributed by atoms with Crippen molar-refractivity contribution in [1.29, 1.82) is 0 Å². The van der Waals surface area contributed by atoms with Gasteiger partial charge in [0, 0.05) is 13.0 Å². The van der Waals surface area contributed by atoms with E-state index in [4.69, 9.17) is 19.4 Å². The Morgan fingerprint density at radius 2 is 2.10 bits per heavy atom. The zero-order chi connectivity index (χ0) is 7.61. The molecule has 60 valence electrons. The molecule has 1 unspecified atom stereocenters. The fourth-order valence-electron chi connectivity index (χ4n) is 0.796. The van der Waals surface area contributed by atoms with Crippen LogP contribution in [0, 0.1) is 0 Å². The lowest BCUT2D eigenvalue weighted by Crippen LogP contribution is -2.12. The van der Waals surface area contributed by atoms with E-state index in [0.29, 0.717) is 19.6 Å². The summed E-state index contributed by atoms with van der Waals surface area (Å²) in [5, 5.41) is 0. The Bertz CT molecular complexity index is 105. The van der Waals surface area contributed by atoms with Crippen LogP contribution in [0.25, 0.3) is 0 Å². The van der Waals surface area contributed by atoms with Gasteiger partial charge in [-0.05, 0) is 0 Å². The molecule has 10 heavy (non-hydrogen) atoms. The van der Waals surface area contributed by atoms with Gasteiger partial charge in [-0.15, -0.1) is 4.52 Å². The van der Waals surface area contributed by atoms with Gasteiger partial charge < -0.3 is 4.74 Å². The SMILES string of the molecule is O[P+](O)(O)OC1CCOC1. The molecular weight excluding hydrogens is 159 g/mol. The maximum absolute atomic E-state index is 8.42. The third-order valence-electron chi connectivity index (χ3n) is 1.18. The summed E-state index contributed by atoms with van der Waals surface area (Å²) in [4.78, 5) is 25.3. The minimum Gasteiger partial charge on any atom is -0.378 e. The number of hydrogen-bond acceptors (Lipinski definition) is 5. The van der Waals surface area contributed by atoms with E-state index >= 15 is 0 Å². The second kappa shape index (κ2) is 3.09. The fourth-order valence-corrected chi connectivity index (χ4v) is 1.36. The summed E-state index contributed by atoms with van der Waals surface area (Å²) in [7, 11) is -4.04. The van der Waals surface area contributed by atoms with Crippen molar-refractivity contribution >= 4 is 8.17 Å². The van der Waals surface area contributed by atoms with Crippen molar-refractivity contribution in [3.05, 3.63) is 0 Å². The van der Waals surface area contributed by atoms with Crippen LogP contribution in [0.5, 0.6) is 0 Å². The summed E-state index contributed by atoms with van der Waals surface area (Å²) in [5.41, 5.74) is 0. The zero-order valence-electron chi connectivity index (χ0n) is 5.30. The van der Waals surface area contributed by atoms with Gasteiger partial charge in [-0.25, -0.2) is 0 Å². The predicted molar refractivity (Wildman–Crippen MR) is 33.9 cm³/mol.